The highest BCUT2D eigenvalue weighted by atomic mass is 16.7. The fourth-order valence-corrected chi connectivity index (χ4v) is 2.22. The highest BCUT2D eigenvalue weighted by Gasteiger charge is 2.43. The molecule has 1 heterocycles. The molecule has 4 heteroatoms. The second-order valence-corrected chi connectivity index (χ2v) is 4.02. The molecule has 0 radical (unpaired) electrons. The van der Waals surface area contributed by atoms with Crippen molar-refractivity contribution >= 4 is 0 Å². The van der Waals surface area contributed by atoms with Gasteiger partial charge in [-0.3, -0.25) is 4.90 Å². The molecule has 0 unspecified atom stereocenters. The van der Waals surface area contributed by atoms with Crippen LogP contribution in [0.3, 0.4) is 0 Å². The molecule has 0 aromatic heterocycles. The summed E-state index contributed by atoms with van der Waals surface area (Å²) >= 11 is 0. The minimum absolute atomic E-state index is 0.0649. The third kappa shape index (κ3) is 2.69. The summed E-state index contributed by atoms with van der Waals surface area (Å²) in [5, 5.41) is 0. The molecule has 0 aromatic carbocycles. The maximum Gasteiger partial charge on any atom is 0.245 e. The zero-order valence-electron chi connectivity index (χ0n) is 10.2. The second-order valence-electron chi connectivity index (χ2n) is 4.02. The summed E-state index contributed by atoms with van der Waals surface area (Å²) in [6.07, 6.45) is 3.27. The number of nitrogens with two attached hydrogens (primary N) is 1. The van der Waals surface area contributed by atoms with Crippen LogP contribution in [-0.2, 0) is 9.47 Å². The predicted molar refractivity (Wildman–Crippen MR) is 60.4 cm³/mol. The first-order valence-corrected chi connectivity index (χ1v) is 5.92. The van der Waals surface area contributed by atoms with Crippen LogP contribution in [0.25, 0.3) is 0 Å². The second kappa shape index (κ2) is 5.80. The number of hydrogen-bond donors (Lipinski definition) is 1. The zero-order chi connectivity index (χ0) is 11.3. The van der Waals surface area contributed by atoms with Gasteiger partial charge in [-0.05, 0) is 33.7 Å². The van der Waals surface area contributed by atoms with Crippen molar-refractivity contribution in [2.24, 2.45) is 5.73 Å². The molecule has 1 fully saturated rings. The molecule has 15 heavy (non-hydrogen) atoms. The fourth-order valence-electron chi connectivity index (χ4n) is 2.22. The van der Waals surface area contributed by atoms with Crippen molar-refractivity contribution in [2.75, 3.05) is 26.8 Å². The molecule has 2 N–H and O–H groups in total. The molecule has 0 spiro atoms. The summed E-state index contributed by atoms with van der Waals surface area (Å²) in [7, 11) is 2.02. The highest BCUT2D eigenvalue weighted by molar-refractivity contribution is 4.85. The van der Waals surface area contributed by atoms with Crippen LogP contribution < -0.4 is 5.73 Å². The number of hydrogen-bond acceptors (Lipinski definition) is 4. The van der Waals surface area contributed by atoms with Gasteiger partial charge in [-0.25, -0.2) is 0 Å². The van der Waals surface area contributed by atoms with Gasteiger partial charge < -0.3 is 15.2 Å². The van der Waals surface area contributed by atoms with Gasteiger partial charge in [-0.15, -0.1) is 0 Å². The summed E-state index contributed by atoms with van der Waals surface area (Å²) < 4.78 is 11.6. The van der Waals surface area contributed by atoms with Crippen LogP contribution in [0.2, 0.25) is 0 Å². The first-order valence-electron chi connectivity index (χ1n) is 5.92. The fraction of sp³-hybridized carbons (Fsp3) is 1.00. The molecule has 0 aromatic rings. The minimum atomic E-state index is -0.708. The van der Waals surface area contributed by atoms with E-state index in [9.17, 15) is 0 Å². The molecule has 1 aliphatic heterocycles. The molecule has 4 nitrogen and oxygen atoms in total. The van der Waals surface area contributed by atoms with Crippen LogP contribution in [0, 0.1) is 0 Å². The van der Waals surface area contributed by atoms with E-state index in [-0.39, 0.29) is 6.04 Å². The third-order valence-corrected chi connectivity index (χ3v) is 2.96. The van der Waals surface area contributed by atoms with Crippen LogP contribution in [-0.4, -0.2) is 43.7 Å². The number of likely N-dealkylation sites (tertiary alicyclic amines) is 1. The number of nitrogens with zero attached hydrogens (tertiary/aromatic N) is 1. The largest absolute Gasteiger partial charge is 0.336 e. The minimum Gasteiger partial charge on any atom is -0.336 e. The van der Waals surface area contributed by atoms with E-state index in [1.54, 1.807) is 0 Å². The molecule has 0 amide bonds. The van der Waals surface area contributed by atoms with E-state index in [1.165, 1.54) is 0 Å². The van der Waals surface area contributed by atoms with E-state index < -0.39 is 5.91 Å². The van der Waals surface area contributed by atoms with E-state index in [1.807, 2.05) is 20.9 Å². The van der Waals surface area contributed by atoms with Crippen molar-refractivity contribution in [1.29, 1.82) is 0 Å². The third-order valence-electron chi connectivity index (χ3n) is 2.96. The number of ether oxygens (including phenoxy) is 2. The van der Waals surface area contributed by atoms with Gasteiger partial charge in [0.2, 0.25) is 5.91 Å². The quantitative estimate of drug-likeness (QED) is 0.716. The van der Waals surface area contributed by atoms with Crippen molar-refractivity contribution in [3.8, 4) is 0 Å². The predicted octanol–water partition coefficient (Wildman–Crippen LogP) is 1.16. The van der Waals surface area contributed by atoms with E-state index >= 15 is 0 Å². The van der Waals surface area contributed by atoms with Gasteiger partial charge in [0.25, 0.3) is 0 Å². The van der Waals surface area contributed by atoms with Gasteiger partial charge in [0.1, 0.15) is 0 Å². The van der Waals surface area contributed by atoms with Crippen LogP contribution in [0.5, 0.6) is 0 Å². The molecule has 0 bridgehead atoms. The van der Waals surface area contributed by atoms with Gasteiger partial charge in [-0.1, -0.05) is 6.42 Å². The topological polar surface area (TPSA) is 47.7 Å². The Kier molecular flexibility index (Phi) is 4.99. The Hall–Kier alpha value is -0.160. The average molecular weight is 216 g/mol. The zero-order valence-corrected chi connectivity index (χ0v) is 10.2. The lowest BCUT2D eigenvalue weighted by Gasteiger charge is -2.42. The molecule has 1 saturated heterocycles. The van der Waals surface area contributed by atoms with Gasteiger partial charge in [0, 0.05) is 19.8 Å². The number of rotatable bonds is 4. The Morgan fingerprint density at radius 2 is 1.87 bits per heavy atom. The van der Waals surface area contributed by atoms with Gasteiger partial charge in [-0.2, -0.15) is 0 Å². The summed E-state index contributed by atoms with van der Waals surface area (Å²) in [6, 6.07) is -0.0649. The van der Waals surface area contributed by atoms with Crippen molar-refractivity contribution in [3.05, 3.63) is 0 Å². The van der Waals surface area contributed by atoms with Gasteiger partial charge in [0.05, 0.1) is 6.04 Å². The van der Waals surface area contributed by atoms with Crippen LogP contribution in [0.15, 0.2) is 0 Å². The van der Waals surface area contributed by atoms with E-state index in [4.69, 9.17) is 15.2 Å². The van der Waals surface area contributed by atoms with Crippen molar-refractivity contribution in [2.45, 2.75) is 45.1 Å². The number of likely N-dealkylation sites (N-methyl/N-ethyl adjacent to an activating group) is 1. The van der Waals surface area contributed by atoms with Crippen LogP contribution in [0.4, 0.5) is 0 Å². The SMILES string of the molecule is CCOC1(OCC)[C@@H](N)CCCCN1C. The molecular weight excluding hydrogens is 192 g/mol. The lowest BCUT2D eigenvalue weighted by molar-refractivity contribution is -0.317. The molecule has 1 aliphatic rings. The van der Waals surface area contributed by atoms with Gasteiger partial charge >= 0.3 is 0 Å². The van der Waals surface area contributed by atoms with E-state index in [0.717, 1.165) is 25.8 Å². The Morgan fingerprint density at radius 3 is 2.40 bits per heavy atom. The molecule has 0 aliphatic carbocycles. The first-order chi connectivity index (χ1) is 7.17. The maximum atomic E-state index is 6.18. The van der Waals surface area contributed by atoms with Crippen molar-refractivity contribution < 1.29 is 9.47 Å². The lowest BCUT2D eigenvalue weighted by atomic mass is 10.1. The standard InChI is InChI=1S/C11H24N2O2/c1-4-14-11(15-5-2)10(12)8-6-7-9-13(11)3/h10H,4-9,12H2,1-3H3/t10-/m0/s1. The lowest BCUT2D eigenvalue weighted by Crippen LogP contribution is -2.61. The molecule has 1 atom stereocenters. The summed E-state index contributed by atoms with van der Waals surface area (Å²) in [5.74, 6) is -0.708. The summed E-state index contributed by atoms with van der Waals surface area (Å²) in [5.41, 5.74) is 6.18. The average Bonchev–Trinajstić information content (AvgIpc) is 2.33. The monoisotopic (exact) mass is 216 g/mol. The molecule has 0 saturated carbocycles. The Labute approximate surface area is 92.7 Å². The van der Waals surface area contributed by atoms with Crippen molar-refractivity contribution in [1.82, 2.24) is 4.90 Å². The van der Waals surface area contributed by atoms with E-state index in [2.05, 4.69) is 4.90 Å². The van der Waals surface area contributed by atoms with Gasteiger partial charge in [0.15, 0.2) is 0 Å². The smallest absolute Gasteiger partial charge is 0.245 e. The normalized spacial score (nSPS) is 27.6. The Bertz CT molecular complexity index is 167. The maximum absolute atomic E-state index is 6.18. The molecule has 1 rings (SSSR count). The molecular formula is C11H24N2O2. The molecule has 90 valence electrons. The summed E-state index contributed by atoms with van der Waals surface area (Å²) in [6.45, 7) is 6.18. The van der Waals surface area contributed by atoms with E-state index in [0.29, 0.717) is 13.2 Å². The Morgan fingerprint density at radius 1 is 1.27 bits per heavy atom. The first kappa shape index (κ1) is 12.9. The highest BCUT2D eigenvalue weighted by Crippen LogP contribution is 2.27. The van der Waals surface area contributed by atoms with Crippen LogP contribution >= 0.6 is 0 Å². The summed E-state index contributed by atoms with van der Waals surface area (Å²) in [4.78, 5) is 2.11. The Balaban J connectivity index is 2.84. The van der Waals surface area contributed by atoms with Crippen molar-refractivity contribution in [3.63, 3.8) is 0 Å². The van der Waals surface area contributed by atoms with Crippen LogP contribution in [0.1, 0.15) is 33.1 Å².